The maximum atomic E-state index is 5.86. The number of benzene rings is 2. The fourth-order valence-electron chi connectivity index (χ4n) is 1.87. The number of rotatable bonds is 2. The summed E-state index contributed by atoms with van der Waals surface area (Å²) < 4.78 is 5.30. The van der Waals surface area contributed by atoms with E-state index in [0.29, 0.717) is 16.7 Å². The molecule has 4 nitrogen and oxygen atoms in total. The summed E-state index contributed by atoms with van der Waals surface area (Å²) in [5.41, 5.74) is 9.23. The quantitative estimate of drug-likeness (QED) is 0.724. The molecule has 100 valence electrons. The number of nitrogens with two attached hydrogens (primary N) is 1. The number of aromatic nitrogens is 2. The first kappa shape index (κ1) is 12.7. The van der Waals surface area contributed by atoms with Gasteiger partial charge in [0.2, 0.25) is 5.82 Å². The summed E-state index contributed by atoms with van der Waals surface area (Å²) in [6.45, 7) is 1.94. The van der Waals surface area contributed by atoms with Crippen molar-refractivity contribution < 1.29 is 4.52 Å². The zero-order valence-corrected chi connectivity index (χ0v) is 11.6. The summed E-state index contributed by atoms with van der Waals surface area (Å²) >= 11 is 5.86. The Morgan fingerprint density at radius 1 is 1.05 bits per heavy atom. The summed E-state index contributed by atoms with van der Waals surface area (Å²) in [5.74, 6) is 1.00. The van der Waals surface area contributed by atoms with Crippen LogP contribution >= 0.6 is 11.6 Å². The molecule has 0 spiro atoms. The standard InChI is InChI=1S/C15H12ClN3O/c1-9-8-11(4-7-13(9)17)15-18-14(19-20-15)10-2-5-12(16)6-3-10/h2-8H,17H2,1H3. The molecule has 0 bridgehead atoms. The second-order valence-electron chi connectivity index (χ2n) is 4.50. The van der Waals surface area contributed by atoms with E-state index in [2.05, 4.69) is 10.1 Å². The van der Waals surface area contributed by atoms with Crippen molar-refractivity contribution in [2.75, 3.05) is 5.73 Å². The van der Waals surface area contributed by atoms with Crippen LogP contribution in [0, 0.1) is 6.92 Å². The van der Waals surface area contributed by atoms with Gasteiger partial charge in [-0.25, -0.2) is 0 Å². The van der Waals surface area contributed by atoms with Gasteiger partial charge in [0, 0.05) is 21.8 Å². The van der Waals surface area contributed by atoms with E-state index in [9.17, 15) is 0 Å². The Morgan fingerprint density at radius 2 is 1.75 bits per heavy atom. The Kier molecular flexibility index (Phi) is 3.16. The van der Waals surface area contributed by atoms with E-state index in [1.165, 1.54) is 0 Å². The highest BCUT2D eigenvalue weighted by molar-refractivity contribution is 6.30. The minimum atomic E-state index is 0.470. The highest BCUT2D eigenvalue weighted by Gasteiger charge is 2.11. The molecule has 1 aromatic heterocycles. The fourth-order valence-corrected chi connectivity index (χ4v) is 1.99. The van der Waals surface area contributed by atoms with Gasteiger partial charge < -0.3 is 10.3 Å². The Labute approximate surface area is 121 Å². The molecule has 0 unspecified atom stereocenters. The predicted molar refractivity (Wildman–Crippen MR) is 79.3 cm³/mol. The fraction of sp³-hybridized carbons (Fsp3) is 0.0667. The minimum Gasteiger partial charge on any atom is -0.399 e. The molecule has 0 aliphatic heterocycles. The van der Waals surface area contributed by atoms with Gasteiger partial charge in [-0.05, 0) is 55.0 Å². The third-order valence-corrected chi connectivity index (χ3v) is 3.30. The smallest absolute Gasteiger partial charge is 0.258 e. The van der Waals surface area contributed by atoms with Gasteiger partial charge in [-0.1, -0.05) is 16.8 Å². The highest BCUT2D eigenvalue weighted by Crippen LogP contribution is 2.25. The lowest BCUT2D eigenvalue weighted by molar-refractivity contribution is 0.432. The molecule has 1 heterocycles. The Hall–Kier alpha value is -2.33. The van der Waals surface area contributed by atoms with Gasteiger partial charge in [0.05, 0.1) is 0 Å². The van der Waals surface area contributed by atoms with Crippen LogP contribution in [0.2, 0.25) is 5.02 Å². The van der Waals surface area contributed by atoms with Crippen molar-refractivity contribution in [1.29, 1.82) is 0 Å². The van der Waals surface area contributed by atoms with Gasteiger partial charge in [0.1, 0.15) is 0 Å². The van der Waals surface area contributed by atoms with Gasteiger partial charge in [-0.3, -0.25) is 0 Å². The third kappa shape index (κ3) is 2.38. The average molecular weight is 286 g/mol. The molecule has 0 saturated heterocycles. The largest absolute Gasteiger partial charge is 0.399 e. The van der Waals surface area contributed by atoms with Crippen molar-refractivity contribution in [1.82, 2.24) is 10.1 Å². The third-order valence-electron chi connectivity index (χ3n) is 3.05. The summed E-state index contributed by atoms with van der Waals surface area (Å²) in [7, 11) is 0. The van der Waals surface area contributed by atoms with Crippen molar-refractivity contribution in [3.05, 3.63) is 53.1 Å². The van der Waals surface area contributed by atoms with Gasteiger partial charge in [0.15, 0.2) is 0 Å². The SMILES string of the molecule is Cc1cc(-c2nc(-c3ccc(Cl)cc3)no2)ccc1N. The molecule has 2 N–H and O–H groups in total. The van der Waals surface area contributed by atoms with Crippen LogP contribution in [-0.4, -0.2) is 10.1 Å². The van der Waals surface area contributed by atoms with Crippen LogP contribution in [0.3, 0.4) is 0 Å². The van der Waals surface area contributed by atoms with E-state index in [1.807, 2.05) is 37.3 Å². The molecule has 0 atom stereocenters. The Balaban J connectivity index is 1.97. The van der Waals surface area contributed by atoms with E-state index in [4.69, 9.17) is 21.9 Å². The molecule has 0 aliphatic rings. The predicted octanol–water partition coefficient (Wildman–Crippen LogP) is 3.95. The van der Waals surface area contributed by atoms with Gasteiger partial charge in [-0.2, -0.15) is 4.98 Å². The number of nitrogens with zero attached hydrogens (tertiary/aromatic N) is 2. The number of anilines is 1. The van der Waals surface area contributed by atoms with E-state index < -0.39 is 0 Å². The minimum absolute atomic E-state index is 0.470. The van der Waals surface area contributed by atoms with Crippen molar-refractivity contribution in [3.8, 4) is 22.8 Å². The highest BCUT2D eigenvalue weighted by atomic mass is 35.5. The lowest BCUT2D eigenvalue weighted by Gasteiger charge is -2.00. The zero-order chi connectivity index (χ0) is 14.1. The van der Waals surface area contributed by atoms with Crippen molar-refractivity contribution in [2.45, 2.75) is 6.92 Å². The van der Waals surface area contributed by atoms with Crippen LogP contribution in [-0.2, 0) is 0 Å². The lowest BCUT2D eigenvalue weighted by Crippen LogP contribution is -1.89. The molecule has 0 amide bonds. The topological polar surface area (TPSA) is 64.9 Å². The normalized spacial score (nSPS) is 10.7. The van der Waals surface area contributed by atoms with E-state index in [0.717, 1.165) is 22.4 Å². The summed E-state index contributed by atoms with van der Waals surface area (Å²) in [6, 6.07) is 12.9. The van der Waals surface area contributed by atoms with E-state index >= 15 is 0 Å². The van der Waals surface area contributed by atoms with Gasteiger partial charge in [-0.15, -0.1) is 0 Å². The number of halogens is 1. The molecule has 0 fully saturated rings. The maximum absolute atomic E-state index is 5.86. The molecular weight excluding hydrogens is 274 g/mol. The number of aryl methyl sites for hydroxylation is 1. The van der Waals surface area contributed by atoms with Crippen molar-refractivity contribution in [3.63, 3.8) is 0 Å². The van der Waals surface area contributed by atoms with E-state index in [-0.39, 0.29) is 0 Å². The molecule has 3 aromatic rings. The van der Waals surface area contributed by atoms with Crippen LogP contribution in [0.15, 0.2) is 47.0 Å². The monoisotopic (exact) mass is 285 g/mol. The first-order chi connectivity index (χ1) is 9.63. The average Bonchev–Trinajstić information content (AvgIpc) is 2.92. The molecule has 0 radical (unpaired) electrons. The van der Waals surface area contributed by atoms with Crippen molar-refractivity contribution in [2.24, 2.45) is 0 Å². The summed E-state index contributed by atoms with van der Waals surface area (Å²) in [4.78, 5) is 4.39. The molecule has 2 aromatic carbocycles. The second-order valence-corrected chi connectivity index (χ2v) is 4.94. The molecule has 20 heavy (non-hydrogen) atoms. The van der Waals surface area contributed by atoms with Gasteiger partial charge >= 0.3 is 0 Å². The Morgan fingerprint density at radius 3 is 2.45 bits per heavy atom. The Bertz CT molecular complexity index is 750. The van der Waals surface area contributed by atoms with Crippen LogP contribution < -0.4 is 5.73 Å². The molecule has 0 aliphatic carbocycles. The van der Waals surface area contributed by atoms with Crippen LogP contribution in [0.1, 0.15) is 5.56 Å². The van der Waals surface area contributed by atoms with Crippen LogP contribution in [0.5, 0.6) is 0 Å². The summed E-state index contributed by atoms with van der Waals surface area (Å²) in [5, 5.41) is 4.66. The van der Waals surface area contributed by atoms with Gasteiger partial charge in [0.25, 0.3) is 5.89 Å². The molecule has 0 saturated carbocycles. The van der Waals surface area contributed by atoms with E-state index in [1.54, 1.807) is 12.1 Å². The number of nitrogen functional groups attached to an aromatic ring is 1. The first-order valence-corrected chi connectivity index (χ1v) is 6.47. The van der Waals surface area contributed by atoms with Crippen molar-refractivity contribution >= 4 is 17.3 Å². The lowest BCUT2D eigenvalue weighted by atomic mass is 10.1. The number of hydrogen-bond donors (Lipinski definition) is 1. The number of hydrogen-bond acceptors (Lipinski definition) is 4. The van der Waals surface area contributed by atoms with Crippen LogP contribution in [0.4, 0.5) is 5.69 Å². The molecule has 3 rings (SSSR count). The second kappa shape index (κ2) is 4.98. The maximum Gasteiger partial charge on any atom is 0.258 e. The first-order valence-electron chi connectivity index (χ1n) is 6.09. The molecular formula is C15H12ClN3O. The summed E-state index contributed by atoms with van der Waals surface area (Å²) in [6.07, 6.45) is 0. The zero-order valence-electron chi connectivity index (χ0n) is 10.8. The molecule has 5 heteroatoms. The van der Waals surface area contributed by atoms with Crippen LogP contribution in [0.25, 0.3) is 22.8 Å².